The third-order valence-corrected chi connectivity index (χ3v) is 6.03. The van der Waals surface area contributed by atoms with E-state index in [2.05, 4.69) is 20.4 Å². The molecular weight excluding hydrogens is 499 g/mol. The minimum atomic E-state index is -0.176. The molecule has 0 saturated carbocycles. The second-order valence-corrected chi connectivity index (χ2v) is 9.40. The fourth-order valence-corrected chi connectivity index (χ4v) is 4.11. The molecule has 7 nitrogen and oxygen atoms in total. The Morgan fingerprint density at radius 3 is 1.47 bits per heavy atom. The quantitative estimate of drug-likeness (QED) is 0.455. The van der Waals surface area contributed by atoms with E-state index >= 15 is 0 Å². The highest BCUT2D eigenvalue weighted by Gasteiger charge is 2.23. The van der Waals surface area contributed by atoms with E-state index in [1.165, 1.54) is 0 Å². The number of ketones is 1. The number of nitrogens with zero attached hydrogens (tertiary/aromatic N) is 2. The SMILES string of the molecule is CN(C)CCCNC(=O)c1ccc2c(c1)C(=O)c1cc(C(=O)NCCCN(C)C)ccc1CC2.Cl.Cl. The van der Waals surface area contributed by atoms with E-state index in [-0.39, 0.29) is 42.4 Å². The van der Waals surface area contributed by atoms with Crippen molar-refractivity contribution in [2.45, 2.75) is 25.7 Å². The van der Waals surface area contributed by atoms with Crippen LogP contribution in [0, 0.1) is 0 Å². The van der Waals surface area contributed by atoms with Gasteiger partial charge >= 0.3 is 0 Å². The predicted molar refractivity (Wildman–Crippen MR) is 149 cm³/mol. The van der Waals surface area contributed by atoms with Crippen LogP contribution in [-0.4, -0.2) is 81.8 Å². The van der Waals surface area contributed by atoms with Crippen molar-refractivity contribution in [1.29, 1.82) is 0 Å². The molecule has 2 aromatic rings. The summed E-state index contributed by atoms with van der Waals surface area (Å²) in [6.07, 6.45) is 3.15. The average Bonchev–Trinajstić information content (AvgIpc) is 2.95. The monoisotopic (exact) mass is 536 g/mol. The fraction of sp³-hybridized carbons (Fsp3) is 0.444. The molecule has 0 aromatic heterocycles. The van der Waals surface area contributed by atoms with Gasteiger partial charge in [0.2, 0.25) is 0 Å². The molecule has 2 aromatic carbocycles. The molecule has 1 aliphatic rings. The van der Waals surface area contributed by atoms with Gasteiger partial charge < -0.3 is 20.4 Å². The van der Waals surface area contributed by atoms with E-state index in [0.717, 1.165) is 49.9 Å². The molecular formula is C27H38Cl2N4O3. The maximum absolute atomic E-state index is 13.5. The number of carbonyl (C=O) groups excluding carboxylic acids is 3. The lowest BCUT2D eigenvalue weighted by Gasteiger charge is -2.12. The first-order valence-electron chi connectivity index (χ1n) is 11.9. The Hall–Kier alpha value is -2.45. The van der Waals surface area contributed by atoms with E-state index in [0.29, 0.717) is 35.3 Å². The zero-order valence-electron chi connectivity index (χ0n) is 21.6. The van der Waals surface area contributed by atoms with Crippen LogP contribution in [-0.2, 0) is 12.8 Å². The zero-order chi connectivity index (χ0) is 24.7. The zero-order valence-corrected chi connectivity index (χ0v) is 23.2. The lowest BCUT2D eigenvalue weighted by atomic mass is 9.95. The lowest BCUT2D eigenvalue weighted by Crippen LogP contribution is -2.27. The third-order valence-electron chi connectivity index (χ3n) is 6.03. The van der Waals surface area contributed by atoms with Gasteiger partial charge in [-0.15, -0.1) is 24.8 Å². The molecule has 0 fully saturated rings. The van der Waals surface area contributed by atoms with Crippen molar-refractivity contribution in [1.82, 2.24) is 20.4 Å². The van der Waals surface area contributed by atoms with Crippen LogP contribution in [0.15, 0.2) is 36.4 Å². The number of benzene rings is 2. The van der Waals surface area contributed by atoms with Gasteiger partial charge in [0, 0.05) is 35.3 Å². The summed E-state index contributed by atoms with van der Waals surface area (Å²) in [5.41, 5.74) is 3.91. The number of fused-ring (bicyclic) bond motifs is 2. The molecule has 0 unspecified atom stereocenters. The smallest absolute Gasteiger partial charge is 0.251 e. The van der Waals surface area contributed by atoms with Gasteiger partial charge in [0.05, 0.1) is 0 Å². The molecule has 198 valence electrons. The number of carbonyl (C=O) groups is 3. The number of aryl methyl sites for hydroxylation is 2. The summed E-state index contributed by atoms with van der Waals surface area (Å²) in [4.78, 5) is 42.9. The molecule has 9 heteroatoms. The van der Waals surface area contributed by atoms with Crippen molar-refractivity contribution in [2.24, 2.45) is 0 Å². The van der Waals surface area contributed by atoms with E-state index in [1.807, 2.05) is 40.3 Å². The molecule has 3 rings (SSSR count). The highest BCUT2D eigenvalue weighted by Crippen LogP contribution is 2.26. The van der Waals surface area contributed by atoms with Crippen molar-refractivity contribution in [3.63, 3.8) is 0 Å². The predicted octanol–water partition coefficient (Wildman–Crippen LogP) is 3.22. The summed E-state index contributed by atoms with van der Waals surface area (Å²) in [6.45, 7) is 2.95. The minimum absolute atomic E-state index is 0. The number of amides is 2. The average molecular weight is 538 g/mol. The van der Waals surface area contributed by atoms with Crippen molar-refractivity contribution >= 4 is 42.4 Å². The maximum Gasteiger partial charge on any atom is 0.251 e. The second kappa shape index (κ2) is 15.0. The Morgan fingerprint density at radius 1 is 0.722 bits per heavy atom. The van der Waals surface area contributed by atoms with Crippen LogP contribution in [0.5, 0.6) is 0 Å². The first-order chi connectivity index (χ1) is 16.3. The molecule has 0 spiro atoms. The number of hydrogen-bond donors (Lipinski definition) is 2. The van der Waals surface area contributed by atoms with Gasteiger partial charge in [-0.05, 0) is 102 Å². The Bertz CT molecular complexity index is 976. The molecule has 0 saturated heterocycles. The third kappa shape index (κ3) is 8.59. The Kier molecular flexibility index (Phi) is 13.1. The molecule has 0 radical (unpaired) electrons. The summed E-state index contributed by atoms with van der Waals surface area (Å²) in [5, 5.41) is 5.87. The van der Waals surface area contributed by atoms with E-state index in [1.54, 1.807) is 24.3 Å². The molecule has 2 amide bonds. The summed E-state index contributed by atoms with van der Waals surface area (Å²) < 4.78 is 0. The number of hydrogen-bond acceptors (Lipinski definition) is 5. The van der Waals surface area contributed by atoms with Crippen LogP contribution in [0.25, 0.3) is 0 Å². The first kappa shape index (κ1) is 31.6. The van der Waals surface area contributed by atoms with Crippen LogP contribution in [0.1, 0.15) is 60.6 Å². The fourth-order valence-electron chi connectivity index (χ4n) is 4.11. The Balaban J connectivity index is 0.00000324. The van der Waals surface area contributed by atoms with Gasteiger partial charge in [0.1, 0.15) is 0 Å². The summed E-state index contributed by atoms with van der Waals surface area (Å²) in [7, 11) is 7.99. The Labute approximate surface area is 226 Å². The summed E-state index contributed by atoms with van der Waals surface area (Å²) in [6, 6.07) is 10.7. The van der Waals surface area contributed by atoms with Crippen LogP contribution < -0.4 is 10.6 Å². The maximum atomic E-state index is 13.5. The normalized spacial score (nSPS) is 12.1. The molecule has 0 bridgehead atoms. The van der Waals surface area contributed by atoms with Crippen molar-refractivity contribution < 1.29 is 14.4 Å². The van der Waals surface area contributed by atoms with Gasteiger partial charge in [-0.25, -0.2) is 0 Å². The van der Waals surface area contributed by atoms with Crippen molar-refractivity contribution in [3.05, 3.63) is 69.8 Å². The van der Waals surface area contributed by atoms with E-state index in [9.17, 15) is 14.4 Å². The highest BCUT2D eigenvalue weighted by atomic mass is 35.5. The van der Waals surface area contributed by atoms with Crippen molar-refractivity contribution in [2.75, 3.05) is 54.4 Å². The van der Waals surface area contributed by atoms with Gasteiger partial charge in [-0.2, -0.15) is 0 Å². The van der Waals surface area contributed by atoms with Crippen LogP contribution >= 0.6 is 24.8 Å². The lowest BCUT2D eigenvalue weighted by molar-refractivity contribution is 0.0944. The molecule has 1 aliphatic carbocycles. The molecule has 0 aliphatic heterocycles. The van der Waals surface area contributed by atoms with Crippen LogP contribution in [0.2, 0.25) is 0 Å². The standard InChI is InChI=1S/C27H36N4O3.2ClH/c1-30(2)15-5-13-28-26(33)21-11-9-19-7-8-20-10-12-22(18-24(20)25(32)23(19)17-21)27(34)29-14-6-16-31(3)4;;/h9-12,17-18H,5-8,13-16H2,1-4H3,(H,28,33)(H,29,34);2*1H. The Morgan fingerprint density at radius 2 is 1.11 bits per heavy atom. The van der Waals surface area contributed by atoms with Crippen LogP contribution in [0.3, 0.4) is 0 Å². The van der Waals surface area contributed by atoms with Gasteiger partial charge in [0.15, 0.2) is 5.78 Å². The number of halogens is 2. The summed E-state index contributed by atoms with van der Waals surface area (Å²) >= 11 is 0. The highest BCUT2D eigenvalue weighted by molar-refractivity contribution is 6.13. The van der Waals surface area contributed by atoms with E-state index in [4.69, 9.17) is 0 Å². The second-order valence-electron chi connectivity index (χ2n) is 9.40. The minimum Gasteiger partial charge on any atom is -0.352 e. The molecule has 36 heavy (non-hydrogen) atoms. The van der Waals surface area contributed by atoms with Crippen molar-refractivity contribution in [3.8, 4) is 0 Å². The van der Waals surface area contributed by atoms with Crippen LogP contribution in [0.4, 0.5) is 0 Å². The molecule has 0 atom stereocenters. The number of rotatable bonds is 10. The number of nitrogens with one attached hydrogen (secondary N) is 2. The first-order valence-corrected chi connectivity index (χ1v) is 11.9. The molecule has 2 N–H and O–H groups in total. The van der Waals surface area contributed by atoms with Gasteiger partial charge in [-0.1, -0.05) is 12.1 Å². The largest absolute Gasteiger partial charge is 0.352 e. The summed E-state index contributed by atoms with van der Waals surface area (Å²) in [5.74, 6) is -0.485. The van der Waals surface area contributed by atoms with Gasteiger partial charge in [-0.3, -0.25) is 14.4 Å². The van der Waals surface area contributed by atoms with Gasteiger partial charge in [0.25, 0.3) is 11.8 Å². The molecule has 0 heterocycles. The van der Waals surface area contributed by atoms with E-state index < -0.39 is 0 Å². The topological polar surface area (TPSA) is 81.8 Å².